The van der Waals surface area contributed by atoms with Gasteiger partial charge in [0.1, 0.15) is 42.7 Å². The molecule has 0 radical (unpaired) electrons. The Morgan fingerprint density at radius 1 is 0.730 bits per heavy atom. The van der Waals surface area contributed by atoms with Crippen molar-refractivity contribution in [2.24, 2.45) is 22.9 Å². The molecule has 3 heterocycles. The molecule has 37 heavy (non-hydrogen) atoms. The zero-order chi connectivity index (χ0) is 27.2. The summed E-state index contributed by atoms with van der Waals surface area (Å²) in [7, 11) is 1.55. The Morgan fingerprint density at radius 2 is 1.43 bits per heavy atom. The van der Waals surface area contributed by atoms with E-state index < -0.39 is 111 Å². The third kappa shape index (κ3) is 5.66. The Hall–Kier alpha value is -0.640. The number of fused-ring (bicyclic) bond motifs is 1. The molecule has 0 aromatic heterocycles. The van der Waals surface area contributed by atoms with Crippen molar-refractivity contribution in [3.05, 3.63) is 0 Å². The molecule has 15 N–H and O–H groups in total. The van der Waals surface area contributed by atoms with Gasteiger partial charge in [-0.15, -0.1) is 0 Å². The van der Waals surface area contributed by atoms with Gasteiger partial charge in [0.25, 0.3) is 0 Å². The largest absolute Gasteiger partial charge is 0.394 e. The monoisotopic (exact) mass is 539 g/mol. The van der Waals surface area contributed by atoms with E-state index in [1.807, 2.05) is 0 Å². The van der Waals surface area contributed by atoms with Gasteiger partial charge in [-0.05, 0) is 19.9 Å². The molecule has 0 bridgehead atoms. The maximum atomic E-state index is 11.1. The highest BCUT2D eigenvalue weighted by Gasteiger charge is 2.54. The van der Waals surface area contributed by atoms with E-state index >= 15 is 0 Å². The third-order valence-electron chi connectivity index (χ3n) is 7.74. The Labute approximate surface area is 213 Å². The molecule has 3 aliphatic heterocycles. The van der Waals surface area contributed by atoms with E-state index in [1.54, 1.807) is 7.05 Å². The van der Waals surface area contributed by atoms with Gasteiger partial charge in [0.05, 0.1) is 36.9 Å². The van der Waals surface area contributed by atoms with Crippen molar-refractivity contribution in [1.82, 2.24) is 5.32 Å². The maximum absolute atomic E-state index is 11.1. The lowest BCUT2D eigenvalue weighted by Crippen LogP contribution is -2.70. The van der Waals surface area contributed by atoms with Crippen LogP contribution >= 0.6 is 0 Å². The van der Waals surface area contributed by atoms with Crippen molar-refractivity contribution in [2.75, 3.05) is 13.7 Å². The van der Waals surface area contributed by atoms with Crippen LogP contribution in [0.2, 0.25) is 0 Å². The number of aliphatic hydroxyl groups excluding tert-OH is 6. The second-order valence-corrected chi connectivity index (χ2v) is 10.3. The molecule has 3 saturated heterocycles. The predicted molar refractivity (Wildman–Crippen MR) is 123 cm³/mol. The minimum atomic E-state index is -1.54. The van der Waals surface area contributed by atoms with Crippen molar-refractivity contribution in [2.45, 2.75) is 117 Å². The summed E-state index contributed by atoms with van der Waals surface area (Å²) in [5.41, 5.74) is 24.0. The van der Waals surface area contributed by atoms with E-state index in [0.29, 0.717) is 0 Å². The lowest BCUT2D eigenvalue weighted by atomic mass is 9.84. The molecule has 1 aliphatic carbocycles. The number of aliphatic hydroxyl groups is 6. The van der Waals surface area contributed by atoms with Crippen LogP contribution in [0.15, 0.2) is 0 Å². The molecular weight excluding hydrogens is 498 g/mol. The smallest absolute Gasteiger partial charge is 0.189 e. The minimum absolute atomic E-state index is 0.156. The van der Waals surface area contributed by atoms with E-state index in [4.69, 9.17) is 46.6 Å². The molecule has 216 valence electrons. The van der Waals surface area contributed by atoms with Crippen LogP contribution in [-0.2, 0) is 23.7 Å². The van der Waals surface area contributed by atoms with Gasteiger partial charge >= 0.3 is 0 Å². The molecule has 16 heteroatoms. The zero-order valence-corrected chi connectivity index (χ0v) is 20.5. The van der Waals surface area contributed by atoms with Crippen LogP contribution in [0.1, 0.15) is 12.8 Å². The van der Waals surface area contributed by atoms with E-state index in [-0.39, 0.29) is 12.8 Å². The summed E-state index contributed by atoms with van der Waals surface area (Å²) in [5.74, 6) is 0. The first kappa shape index (κ1) is 29.3. The highest BCUT2D eigenvalue weighted by atomic mass is 16.8. The number of ether oxygens (including phenoxy) is 5. The fourth-order valence-corrected chi connectivity index (χ4v) is 5.46. The Balaban J connectivity index is 1.43. The fraction of sp³-hybridized carbons (Fsp3) is 1.00. The molecule has 16 nitrogen and oxygen atoms in total. The summed E-state index contributed by atoms with van der Waals surface area (Å²) in [6.45, 7) is -0.508. The minimum Gasteiger partial charge on any atom is -0.394 e. The van der Waals surface area contributed by atoms with Crippen LogP contribution in [0.4, 0.5) is 0 Å². The molecule has 0 aromatic rings. The lowest BCUT2D eigenvalue weighted by Gasteiger charge is -2.51. The normalized spacial score (nSPS) is 55.1. The predicted octanol–water partition coefficient (Wildman–Crippen LogP) is -6.95. The fourth-order valence-electron chi connectivity index (χ4n) is 5.46. The highest BCUT2D eigenvalue weighted by Crippen LogP contribution is 2.35. The molecule has 1 saturated carbocycles. The molecule has 0 amide bonds. The summed E-state index contributed by atoms with van der Waals surface area (Å²) in [6.07, 6.45) is -13.7. The number of nitrogens with one attached hydrogen (secondary N) is 1. The van der Waals surface area contributed by atoms with Crippen molar-refractivity contribution in [3.63, 3.8) is 0 Å². The second-order valence-electron chi connectivity index (χ2n) is 10.3. The molecule has 2 unspecified atom stereocenters. The molecule has 17 atom stereocenters. The maximum Gasteiger partial charge on any atom is 0.189 e. The molecule has 4 rings (SSSR count). The Bertz CT molecular complexity index is 756. The van der Waals surface area contributed by atoms with Gasteiger partial charge in [-0.3, -0.25) is 0 Å². The van der Waals surface area contributed by atoms with Crippen molar-refractivity contribution in [1.29, 1.82) is 0 Å². The third-order valence-corrected chi connectivity index (χ3v) is 7.74. The molecule has 0 spiro atoms. The molecule has 4 fully saturated rings. The van der Waals surface area contributed by atoms with Gasteiger partial charge in [0.2, 0.25) is 0 Å². The van der Waals surface area contributed by atoms with Crippen LogP contribution in [0, 0.1) is 0 Å². The first-order valence-corrected chi connectivity index (χ1v) is 12.5. The van der Waals surface area contributed by atoms with Crippen LogP contribution in [-0.4, -0.2) is 148 Å². The topological polar surface area (TPSA) is 284 Å². The van der Waals surface area contributed by atoms with Gasteiger partial charge in [-0.2, -0.15) is 0 Å². The van der Waals surface area contributed by atoms with E-state index in [2.05, 4.69) is 5.32 Å². The van der Waals surface area contributed by atoms with Crippen molar-refractivity contribution >= 4 is 0 Å². The first-order chi connectivity index (χ1) is 17.5. The van der Waals surface area contributed by atoms with Gasteiger partial charge in [0, 0.05) is 12.1 Å². The van der Waals surface area contributed by atoms with Crippen LogP contribution < -0.4 is 28.3 Å². The standard InChI is InChI=1S/C21H41N5O11/c1-26-11-14(30)18-8(33-20(11)37-21-16(32)13(29)10(25)9(4-27)34-21)3-7(24)19(36-18)35-17-6(23)2-5(22)12(28)15(17)31/h5-21,26-32H,2-4,22-25H2,1H3/t5-,6+,7-,8?,9-,10-,11+,12+,13+,14-,15+,16-,17-,18?,19+,20-,21-/m1/s1. The van der Waals surface area contributed by atoms with Crippen LogP contribution in [0.5, 0.6) is 0 Å². The van der Waals surface area contributed by atoms with Crippen LogP contribution in [0.25, 0.3) is 0 Å². The molecular formula is C21H41N5O11. The highest BCUT2D eigenvalue weighted by molar-refractivity contribution is 5.01. The number of hydrogen-bond acceptors (Lipinski definition) is 16. The first-order valence-electron chi connectivity index (χ1n) is 12.5. The van der Waals surface area contributed by atoms with Gasteiger partial charge in [-0.25, -0.2) is 0 Å². The summed E-state index contributed by atoms with van der Waals surface area (Å²) in [4.78, 5) is 0. The van der Waals surface area contributed by atoms with E-state index in [9.17, 15) is 30.6 Å². The lowest BCUT2D eigenvalue weighted by molar-refractivity contribution is -0.373. The quantitative estimate of drug-likeness (QED) is 0.149. The van der Waals surface area contributed by atoms with E-state index in [1.165, 1.54) is 0 Å². The molecule has 0 aromatic carbocycles. The summed E-state index contributed by atoms with van der Waals surface area (Å²) in [6, 6.07) is -4.05. The average molecular weight is 540 g/mol. The van der Waals surface area contributed by atoms with E-state index in [0.717, 1.165) is 0 Å². The second kappa shape index (κ2) is 11.8. The average Bonchev–Trinajstić information content (AvgIpc) is 2.86. The number of hydrogen-bond donors (Lipinski definition) is 11. The van der Waals surface area contributed by atoms with Gasteiger partial charge < -0.3 is 82.6 Å². The summed E-state index contributed by atoms with van der Waals surface area (Å²) < 4.78 is 29.2. The number of rotatable bonds is 6. The van der Waals surface area contributed by atoms with Gasteiger partial charge in [0.15, 0.2) is 18.9 Å². The van der Waals surface area contributed by atoms with Crippen molar-refractivity contribution in [3.8, 4) is 0 Å². The van der Waals surface area contributed by atoms with Gasteiger partial charge in [-0.1, -0.05) is 0 Å². The Morgan fingerprint density at radius 3 is 2.08 bits per heavy atom. The molecule has 4 aliphatic rings. The zero-order valence-electron chi connectivity index (χ0n) is 20.5. The summed E-state index contributed by atoms with van der Waals surface area (Å²) >= 11 is 0. The number of likely N-dealkylation sites (N-methyl/N-ethyl adjacent to an activating group) is 1. The van der Waals surface area contributed by atoms with Crippen molar-refractivity contribution < 1.29 is 54.3 Å². The van der Waals surface area contributed by atoms with Crippen LogP contribution in [0.3, 0.4) is 0 Å². The Kier molecular flexibility index (Phi) is 9.40. The SMILES string of the molecule is CN[C@@H]1[C@@H](O[C@H]2O[C@H](CO)[C@@H](N)[C@H](O)[C@H]2O)OC2C[C@@H](N)[C@@H](O[C@H]3[C@@H](O)[C@@H](O)[C@H](N)C[C@@H]3N)OC2[C@@H]1O. The summed E-state index contributed by atoms with van der Waals surface area (Å²) in [5, 5.41) is 64.7. The number of nitrogens with two attached hydrogens (primary N) is 4.